The fourth-order valence-corrected chi connectivity index (χ4v) is 3.84. The zero-order chi connectivity index (χ0) is 12.0. The second-order valence-electron chi connectivity index (χ2n) is 3.91. The van der Waals surface area contributed by atoms with Crippen molar-refractivity contribution >= 4 is 22.0 Å². The molecule has 1 aliphatic heterocycles. The van der Waals surface area contributed by atoms with Crippen LogP contribution in [0.2, 0.25) is 0 Å². The Morgan fingerprint density at radius 3 is 2.62 bits per heavy atom. The van der Waals surface area contributed by atoms with Gasteiger partial charge in [0.25, 0.3) is 10.2 Å². The van der Waals surface area contributed by atoms with E-state index in [2.05, 4.69) is 4.72 Å². The van der Waals surface area contributed by atoms with Crippen molar-refractivity contribution in [3.63, 3.8) is 0 Å². The number of nitrogens with zero attached hydrogens (tertiary/aromatic N) is 1. The Morgan fingerprint density at radius 1 is 1.44 bits per heavy atom. The van der Waals surface area contributed by atoms with Crippen LogP contribution in [0, 0.1) is 0 Å². The summed E-state index contributed by atoms with van der Waals surface area (Å²) >= 11 is 1.87. The van der Waals surface area contributed by atoms with Crippen molar-refractivity contribution in [1.29, 1.82) is 0 Å². The Balaban J connectivity index is 2.42. The van der Waals surface area contributed by atoms with Crippen LogP contribution in [-0.4, -0.2) is 55.6 Å². The summed E-state index contributed by atoms with van der Waals surface area (Å²) in [5, 5.41) is 8.66. The van der Waals surface area contributed by atoms with Crippen LogP contribution in [0.5, 0.6) is 0 Å². The molecule has 1 rings (SSSR count). The predicted molar refractivity (Wildman–Crippen MR) is 66.7 cm³/mol. The van der Waals surface area contributed by atoms with Crippen molar-refractivity contribution in [2.75, 3.05) is 31.7 Å². The highest BCUT2D eigenvalue weighted by Gasteiger charge is 2.23. The zero-order valence-corrected chi connectivity index (χ0v) is 11.2. The predicted octanol–water partition coefficient (Wildman–Crippen LogP) is 0.0306. The first-order valence-corrected chi connectivity index (χ1v) is 8.08. The van der Waals surface area contributed by atoms with Crippen molar-refractivity contribution in [2.45, 2.75) is 25.3 Å². The van der Waals surface area contributed by atoms with Crippen LogP contribution in [0.1, 0.15) is 19.3 Å². The summed E-state index contributed by atoms with van der Waals surface area (Å²) in [6, 6.07) is 0.0721. The Labute approximate surface area is 102 Å². The molecular weight excluding hydrogens is 248 g/mol. The summed E-state index contributed by atoms with van der Waals surface area (Å²) in [5.41, 5.74) is 0. The van der Waals surface area contributed by atoms with E-state index in [-0.39, 0.29) is 12.6 Å². The lowest BCUT2D eigenvalue weighted by Gasteiger charge is -2.25. The highest BCUT2D eigenvalue weighted by atomic mass is 32.2. The molecule has 1 heterocycles. The van der Waals surface area contributed by atoms with Crippen molar-refractivity contribution in [2.24, 2.45) is 0 Å². The minimum absolute atomic E-state index is 0.0138. The van der Waals surface area contributed by atoms with E-state index in [1.54, 1.807) is 0 Å². The van der Waals surface area contributed by atoms with Gasteiger partial charge in [0.2, 0.25) is 0 Å². The lowest BCUT2D eigenvalue weighted by Crippen LogP contribution is -2.45. The average Bonchev–Trinajstić information content (AvgIpc) is 2.26. The van der Waals surface area contributed by atoms with Gasteiger partial charge in [0, 0.05) is 26.2 Å². The molecule has 0 aromatic carbocycles. The lowest BCUT2D eigenvalue weighted by molar-refractivity contribution is 0.275. The maximum absolute atomic E-state index is 11.8. The molecule has 0 aromatic rings. The minimum atomic E-state index is -3.37. The van der Waals surface area contributed by atoms with E-state index in [0.29, 0.717) is 13.0 Å². The molecule has 0 radical (unpaired) electrons. The molecule has 0 amide bonds. The van der Waals surface area contributed by atoms with Crippen molar-refractivity contribution in [3.05, 3.63) is 0 Å². The van der Waals surface area contributed by atoms with E-state index in [4.69, 9.17) is 5.11 Å². The van der Waals surface area contributed by atoms with E-state index < -0.39 is 10.2 Å². The first-order valence-electron chi connectivity index (χ1n) is 5.48. The fraction of sp³-hybridized carbons (Fsp3) is 1.00. The summed E-state index contributed by atoms with van der Waals surface area (Å²) in [6.45, 7) is 0.368. The van der Waals surface area contributed by atoms with Crippen LogP contribution in [0.4, 0.5) is 0 Å². The number of aliphatic hydroxyl groups is 1. The third-order valence-corrected chi connectivity index (χ3v) is 5.26. The summed E-state index contributed by atoms with van der Waals surface area (Å²) < 4.78 is 27.6. The van der Waals surface area contributed by atoms with Crippen LogP contribution in [0.25, 0.3) is 0 Å². The largest absolute Gasteiger partial charge is 0.396 e. The zero-order valence-electron chi connectivity index (χ0n) is 9.55. The number of thioether (sulfide) groups is 1. The maximum atomic E-state index is 11.8. The lowest BCUT2D eigenvalue weighted by atomic mass is 10.2. The van der Waals surface area contributed by atoms with Gasteiger partial charge in [-0.05, 0) is 30.8 Å². The normalized spacial score (nSPS) is 19.2. The number of hydrogen-bond acceptors (Lipinski definition) is 4. The van der Waals surface area contributed by atoms with Gasteiger partial charge in [-0.3, -0.25) is 0 Å². The molecule has 1 aliphatic rings. The van der Waals surface area contributed by atoms with Gasteiger partial charge in [0.1, 0.15) is 0 Å². The second-order valence-corrected chi connectivity index (χ2v) is 6.94. The number of nitrogens with one attached hydrogen (secondary N) is 1. The van der Waals surface area contributed by atoms with Gasteiger partial charge >= 0.3 is 0 Å². The molecule has 0 unspecified atom stereocenters. The fourth-order valence-electron chi connectivity index (χ4n) is 1.53. The van der Waals surface area contributed by atoms with Crippen molar-refractivity contribution < 1.29 is 13.5 Å². The number of rotatable bonds is 6. The van der Waals surface area contributed by atoms with Crippen molar-refractivity contribution in [1.82, 2.24) is 9.03 Å². The Kier molecular flexibility index (Phi) is 6.06. The third-order valence-electron chi connectivity index (χ3n) is 2.58. The topological polar surface area (TPSA) is 69.6 Å². The molecule has 0 bridgehead atoms. The van der Waals surface area contributed by atoms with Crippen LogP contribution < -0.4 is 4.72 Å². The summed E-state index contributed by atoms with van der Waals surface area (Å²) in [5.74, 6) is 2.04. The van der Waals surface area contributed by atoms with E-state index in [9.17, 15) is 8.42 Å². The molecule has 0 saturated carbocycles. The first-order chi connectivity index (χ1) is 7.56. The van der Waals surface area contributed by atoms with Gasteiger partial charge in [0.05, 0.1) is 0 Å². The summed E-state index contributed by atoms with van der Waals surface area (Å²) in [4.78, 5) is 0. The van der Waals surface area contributed by atoms with E-state index in [0.717, 1.165) is 24.3 Å². The van der Waals surface area contributed by atoms with Crippen LogP contribution in [0.15, 0.2) is 0 Å². The highest BCUT2D eigenvalue weighted by molar-refractivity contribution is 7.99. The molecule has 0 atom stereocenters. The quantitative estimate of drug-likeness (QED) is 0.713. The van der Waals surface area contributed by atoms with E-state index in [1.165, 1.54) is 11.4 Å². The molecule has 2 N–H and O–H groups in total. The molecular formula is C9H20N2O3S2. The number of aliphatic hydroxyl groups excluding tert-OH is 1. The molecule has 0 spiro atoms. The summed E-state index contributed by atoms with van der Waals surface area (Å²) in [7, 11) is -1.83. The maximum Gasteiger partial charge on any atom is 0.279 e. The van der Waals surface area contributed by atoms with Gasteiger partial charge in [-0.15, -0.1) is 0 Å². The van der Waals surface area contributed by atoms with Crippen LogP contribution in [0.3, 0.4) is 0 Å². The monoisotopic (exact) mass is 268 g/mol. The summed E-state index contributed by atoms with van der Waals surface area (Å²) in [6.07, 6.45) is 2.27. The Hall–Kier alpha value is 0.180. The molecule has 0 aromatic heterocycles. The highest BCUT2D eigenvalue weighted by Crippen LogP contribution is 2.17. The second kappa shape index (κ2) is 6.80. The molecule has 1 saturated heterocycles. The van der Waals surface area contributed by atoms with Crippen LogP contribution >= 0.6 is 11.8 Å². The molecule has 5 nitrogen and oxygen atoms in total. The van der Waals surface area contributed by atoms with Gasteiger partial charge in [-0.2, -0.15) is 29.2 Å². The third kappa shape index (κ3) is 4.58. The van der Waals surface area contributed by atoms with E-state index in [1.807, 2.05) is 11.8 Å². The van der Waals surface area contributed by atoms with Crippen LogP contribution in [-0.2, 0) is 10.2 Å². The van der Waals surface area contributed by atoms with Gasteiger partial charge in [0.15, 0.2) is 0 Å². The molecule has 1 fully saturated rings. The SMILES string of the molecule is CN(CCCO)S(=O)(=O)NC1CCSCC1. The minimum Gasteiger partial charge on any atom is -0.396 e. The average molecular weight is 268 g/mol. The standard InChI is InChI=1S/C9H20N2O3S2/c1-11(5-2-6-12)16(13,14)10-9-3-7-15-8-4-9/h9-10,12H,2-8H2,1H3. The van der Waals surface area contributed by atoms with Gasteiger partial charge in [-0.1, -0.05) is 0 Å². The van der Waals surface area contributed by atoms with Gasteiger partial charge < -0.3 is 5.11 Å². The van der Waals surface area contributed by atoms with E-state index >= 15 is 0 Å². The smallest absolute Gasteiger partial charge is 0.279 e. The van der Waals surface area contributed by atoms with Crippen molar-refractivity contribution in [3.8, 4) is 0 Å². The molecule has 0 aliphatic carbocycles. The Morgan fingerprint density at radius 2 is 2.06 bits per heavy atom. The molecule has 16 heavy (non-hydrogen) atoms. The Bertz CT molecular complexity index is 289. The van der Waals surface area contributed by atoms with Gasteiger partial charge in [-0.25, -0.2) is 0 Å². The first kappa shape index (κ1) is 14.2. The molecule has 7 heteroatoms. The molecule has 96 valence electrons. The number of hydrogen-bond donors (Lipinski definition) is 2.